The van der Waals surface area contributed by atoms with E-state index in [0.717, 1.165) is 24.1 Å². The minimum atomic E-state index is 0.452. The molecule has 1 aliphatic heterocycles. The van der Waals surface area contributed by atoms with Gasteiger partial charge in [0.2, 0.25) is 0 Å². The van der Waals surface area contributed by atoms with Gasteiger partial charge in [0.05, 0.1) is 0 Å². The number of piperidine rings is 1. The number of hydrogen-bond acceptors (Lipinski definition) is 4. The van der Waals surface area contributed by atoms with Crippen molar-refractivity contribution in [2.24, 2.45) is 0 Å². The molecule has 1 saturated heterocycles. The summed E-state index contributed by atoms with van der Waals surface area (Å²) in [5, 5.41) is 3.42. The van der Waals surface area contributed by atoms with Crippen LogP contribution in [-0.2, 0) is 0 Å². The van der Waals surface area contributed by atoms with Crippen molar-refractivity contribution < 1.29 is 0 Å². The lowest BCUT2D eigenvalue weighted by atomic mass is 10.0. The van der Waals surface area contributed by atoms with E-state index in [1.807, 2.05) is 0 Å². The van der Waals surface area contributed by atoms with Crippen LogP contribution in [0.1, 0.15) is 58.1 Å². The predicted molar refractivity (Wildman–Crippen MR) is 84.1 cm³/mol. The number of nitrogens with zero attached hydrogens (tertiary/aromatic N) is 3. The molecule has 1 aromatic heterocycles. The van der Waals surface area contributed by atoms with Crippen LogP contribution < -0.4 is 5.32 Å². The molecule has 4 nitrogen and oxygen atoms in total. The molecule has 0 spiro atoms. The lowest BCUT2D eigenvalue weighted by Crippen LogP contribution is -2.38. The fraction of sp³-hybridized carbons (Fsp3) is 0.750. The normalized spacial score (nSPS) is 20.3. The Morgan fingerprint density at radius 1 is 1.35 bits per heavy atom. The molecule has 1 atom stereocenters. The van der Waals surface area contributed by atoms with Crippen molar-refractivity contribution in [3.05, 3.63) is 18.1 Å². The number of nitrogens with one attached hydrogen (secondary N) is 1. The zero-order valence-corrected chi connectivity index (χ0v) is 13.1. The maximum atomic E-state index is 4.29. The average Bonchev–Trinajstić information content (AvgIpc) is 2.45. The SMILES string of the molecule is CC(C)c1cc(NCCCN2CCCCC2C)ncn1. The zero-order chi connectivity index (χ0) is 14.4. The highest BCUT2D eigenvalue weighted by atomic mass is 15.2. The van der Waals surface area contributed by atoms with Gasteiger partial charge < -0.3 is 10.2 Å². The lowest BCUT2D eigenvalue weighted by Gasteiger charge is -2.33. The standard InChI is InChI=1S/C16H28N4/c1-13(2)15-11-16(19-12-18-15)17-8-6-10-20-9-5-4-7-14(20)3/h11-14H,4-10H2,1-3H3,(H,17,18,19). The van der Waals surface area contributed by atoms with Crippen molar-refractivity contribution in [2.75, 3.05) is 25.0 Å². The first kappa shape index (κ1) is 15.2. The minimum absolute atomic E-state index is 0.452. The monoisotopic (exact) mass is 276 g/mol. The number of likely N-dealkylation sites (tertiary alicyclic amines) is 1. The van der Waals surface area contributed by atoms with Gasteiger partial charge in [-0.15, -0.1) is 0 Å². The van der Waals surface area contributed by atoms with Crippen LogP contribution in [0.2, 0.25) is 0 Å². The Bertz CT molecular complexity index is 405. The Morgan fingerprint density at radius 2 is 2.20 bits per heavy atom. The molecule has 1 aliphatic rings. The van der Waals surface area contributed by atoms with Crippen LogP contribution in [0.25, 0.3) is 0 Å². The average molecular weight is 276 g/mol. The molecule has 1 N–H and O–H groups in total. The van der Waals surface area contributed by atoms with E-state index in [4.69, 9.17) is 0 Å². The van der Waals surface area contributed by atoms with E-state index in [1.54, 1.807) is 6.33 Å². The third kappa shape index (κ3) is 4.44. The van der Waals surface area contributed by atoms with Gasteiger partial charge in [0.1, 0.15) is 12.1 Å². The van der Waals surface area contributed by atoms with Gasteiger partial charge in [-0.05, 0) is 38.6 Å². The third-order valence-electron chi connectivity index (χ3n) is 4.15. The second-order valence-electron chi connectivity index (χ2n) is 6.14. The topological polar surface area (TPSA) is 41.0 Å². The zero-order valence-electron chi connectivity index (χ0n) is 13.1. The number of aromatic nitrogens is 2. The summed E-state index contributed by atoms with van der Waals surface area (Å²) in [5.74, 6) is 1.41. The predicted octanol–water partition coefficient (Wildman–Crippen LogP) is 3.28. The highest BCUT2D eigenvalue weighted by molar-refractivity contribution is 5.35. The van der Waals surface area contributed by atoms with Crippen LogP contribution in [-0.4, -0.2) is 40.5 Å². The van der Waals surface area contributed by atoms with Gasteiger partial charge in [-0.3, -0.25) is 0 Å². The fourth-order valence-electron chi connectivity index (χ4n) is 2.77. The Morgan fingerprint density at radius 3 is 2.95 bits per heavy atom. The molecule has 4 heteroatoms. The van der Waals surface area contributed by atoms with Crippen LogP contribution in [0.15, 0.2) is 12.4 Å². The fourth-order valence-corrected chi connectivity index (χ4v) is 2.77. The van der Waals surface area contributed by atoms with Crippen LogP contribution in [0.4, 0.5) is 5.82 Å². The molecule has 20 heavy (non-hydrogen) atoms. The molecule has 0 saturated carbocycles. The summed E-state index contributed by atoms with van der Waals surface area (Å²) < 4.78 is 0. The van der Waals surface area contributed by atoms with E-state index in [-0.39, 0.29) is 0 Å². The summed E-state index contributed by atoms with van der Waals surface area (Å²) in [6, 6.07) is 2.82. The summed E-state index contributed by atoms with van der Waals surface area (Å²) in [6.45, 7) is 10.1. The highest BCUT2D eigenvalue weighted by Crippen LogP contribution is 2.16. The first-order chi connectivity index (χ1) is 9.66. The maximum absolute atomic E-state index is 4.29. The largest absolute Gasteiger partial charge is 0.370 e. The van der Waals surface area contributed by atoms with Crippen molar-refractivity contribution >= 4 is 5.82 Å². The van der Waals surface area contributed by atoms with Gasteiger partial charge in [-0.1, -0.05) is 20.3 Å². The van der Waals surface area contributed by atoms with Crippen LogP contribution in [0, 0.1) is 0 Å². The highest BCUT2D eigenvalue weighted by Gasteiger charge is 2.16. The number of rotatable bonds is 6. The van der Waals surface area contributed by atoms with Crippen molar-refractivity contribution in [2.45, 2.75) is 58.4 Å². The van der Waals surface area contributed by atoms with E-state index >= 15 is 0 Å². The second kappa shape index (κ2) is 7.58. The molecular formula is C16H28N4. The first-order valence-electron chi connectivity index (χ1n) is 7.96. The summed E-state index contributed by atoms with van der Waals surface area (Å²) >= 11 is 0. The molecular weight excluding hydrogens is 248 g/mol. The van der Waals surface area contributed by atoms with Crippen molar-refractivity contribution in [3.8, 4) is 0 Å². The molecule has 0 radical (unpaired) electrons. The molecule has 0 amide bonds. The van der Waals surface area contributed by atoms with Crippen LogP contribution in [0.3, 0.4) is 0 Å². The minimum Gasteiger partial charge on any atom is -0.370 e. The molecule has 1 unspecified atom stereocenters. The van der Waals surface area contributed by atoms with Crippen molar-refractivity contribution in [3.63, 3.8) is 0 Å². The number of hydrogen-bond donors (Lipinski definition) is 1. The molecule has 0 aliphatic carbocycles. The quantitative estimate of drug-likeness (QED) is 0.810. The Balaban J connectivity index is 1.71. The Labute approximate surface area is 123 Å². The lowest BCUT2D eigenvalue weighted by molar-refractivity contribution is 0.160. The molecule has 2 rings (SSSR count). The van der Waals surface area contributed by atoms with E-state index in [9.17, 15) is 0 Å². The summed E-state index contributed by atoms with van der Waals surface area (Å²) in [5.41, 5.74) is 1.10. The van der Waals surface area contributed by atoms with E-state index < -0.39 is 0 Å². The summed E-state index contributed by atoms with van der Waals surface area (Å²) in [4.78, 5) is 11.2. The van der Waals surface area contributed by atoms with Gasteiger partial charge in [0.15, 0.2) is 0 Å². The molecule has 112 valence electrons. The summed E-state index contributed by atoms with van der Waals surface area (Å²) in [7, 11) is 0. The second-order valence-corrected chi connectivity index (χ2v) is 6.14. The Hall–Kier alpha value is -1.16. The maximum Gasteiger partial charge on any atom is 0.129 e. The van der Waals surface area contributed by atoms with Crippen LogP contribution in [0.5, 0.6) is 0 Å². The van der Waals surface area contributed by atoms with Gasteiger partial charge in [-0.2, -0.15) is 0 Å². The van der Waals surface area contributed by atoms with E-state index in [1.165, 1.54) is 38.8 Å². The van der Waals surface area contributed by atoms with Crippen molar-refractivity contribution in [1.82, 2.24) is 14.9 Å². The van der Waals surface area contributed by atoms with E-state index in [2.05, 4.69) is 47.0 Å². The molecule has 1 aromatic rings. The smallest absolute Gasteiger partial charge is 0.129 e. The third-order valence-corrected chi connectivity index (χ3v) is 4.15. The molecule has 0 aromatic carbocycles. The number of anilines is 1. The van der Waals surface area contributed by atoms with E-state index in [0.29, 0.717) is 5.92 Å². The van der Waals surface area contributed by atoms with Gasteiger partial charge >= 0.3 is 0 Å². The van der Waals surface area contributed by atoms with Gasteiger partial charge in [0, 0.05) is 30.9 Å². The summed E-state index contributed by atoms with van der Waals surface area (Å²) in [6.07, 6.45) is 6.95. The van der Waals surface area contributed by atoms with Gasteiger partial charge in [-0.25, -0.2) is 9.97 Å². The van der Waals surface area contributed by atoms with Crippen molar-refractivity contribution in [1.29, 1.82) is 0 Å². The molecule has 0 bridgehead atoms. The van der Waals surface area contributed by atoms with Gasteiger partial charge in [0.25, 0.3) is 0 Å². The van der Waals surface area contributed by atoms with Crippen LogP contribution >= 0.6 is 0 Å². The molecule has 1 fully saturated rings. The first-order valence-corrected chi connectivity index (χ1v) is 7.96. The molecule has 2 heterocycles. The Kier molecular flexibility index (Phi) is 5.77.